The van der Waals surface area contributed by atoms with E-state index in [0.29, 0.717) is 51.0 Å². The van der Waals surface area contributed by atoms with Crippen LogP contribution in [0.15, 0.2) is 27.7 Å². The first-order chi connectivity index (χ1) is 12.9. The third-order valence-electron chi connectivity index (χ3n) is 5.07. The van der Waals surface area contributed by atoms with E-state index in [1.165, 1.54) is 4.90 Å². The van der Waals surface area contributed by atoms with Crippen molar-refractivity contribution in [3.63, 3.8) is 0 Å². The topological polar surface area (TPSA) is 96.1 Å². The van der Waals surface area contributed by atoms with Crippen molar-refractivity contribution in [3.8, 4) is 0 Å². The van der Waals surface area contributed by atoms with Crippen LogP contribution in [0.25, 0.3) is 0 Å². The Bertz CT molecular complexity index is 769. The number of fused-ring (bicyclic) bond motifs is 1. The fraction of sp³-hybridized carbons (Fsp3) is 0.500. The van der Waals surface area contributed by atoms with Gasteiger partial charge in [0, 0.05) is 36.5 Å². The first kappa shape index (κ1) is 19.9. The predicted molar refractivity (Wildman–Crippen MR) is 109 cm³/mol. The van der Waals surface area contributed by atoms with Gasteiger partial charge in [0.25, 0.3) is 0 Å². The number of nitrogens with zero attached hydrogens (tertiary/aromatic N) is 3. The molecule has 0 radical (unpaired) electrons. The van der Waals surface area contributed by atoms with Crippen molar-refractivity contribution >= 4 is 56.7 Å². The number of rotatable bonds is 5. The quantitative estimate of drug-likeness (QED) is 0.639. The molecule has 27 heavy (non-hydrogen) atoms. The minimum Gasteiger partial charge on any atom is -0.369 e. The Morgan fingerprint density at radius 2 is 2.00 bits per heavy atom. The lowest BCUT2D eigenvalue weighted by Crippen LogP contribution is -2.46. The van der Waals surface area contributed by atoms with Gasteiger partial charge in [0.1, 0.15) is 5.92 Å². The summed E-state index contributed by atoms with van der Waals surface area (Å²) in [5.41, 5.74) is 5.97. The number of nitrogens with two attached hydrogens (primary N) is 1. The van der Waals surface area contributed by atoms with Crippen LogP contribution in [0.3, 0.4) is 0 Å². The van der Waals surface area contributed by atoms with Gasteiger partial charge in [-0.15, -0.1) is 0 Å². The molecular weight excluding hydrogens is 432 g/mol. The highest BCUT2D eigenvalue weighted by Crippen LogP contribution is 2.25. The zero-order valence-electron chi connectivity index (χ0n) is 14.8. The van der Waals surface area contributed by atoms with E-state index >= 15 is 0 Å². The molecule has 7 nitrogen and oxygen atoms in total. The summed E-state index contributed by atoms with van der Waals surface area (Å²) >= 11 is 8.63. The summed E-state index contributed by atoms with van der Waals surface area (Å²) in [6.45, 7) is 1.46. The van der Waals surface area contributed by atoms with E-state index in [1.54, 1.807) is 11.0 Å². The van der Waals surface area contributed by atoms with E-state index in [9.17, 15) is 14.4 Å². The van der Waals surface area contributed by atoms with Gasteiger partial charge >= 0.3 is 0 Å². The number of carbonyl (C=O) groups is 3. The fourth-order valence-corrected chi connectivity index (χ4v) is 4.16. The molecule has 0 bridgehead atoms. The van der Waals surface area contributed by atoms with Gasteiger partial charge in [-0.2, -0.15) is 0 Å². The monoisotopic (exact) mass is 452 g/mol. The summed E-state index contributed by atoms with van der Waals surface area (Å²) in [5, 5.41) is 0.247. The zero-order chi connectivity index (χ0) is 19.6. The maximum Gasteiger partial charge on any atom is 0.241 e. The molecule has 1 fully saturated rings. The van der Waals surface area contributed by atoms with Crippen LogP contribution in [0.1, 0.15) is 25.7 Å². The fourth-order valence-electron chi connectivity index (χ4n) is 3.47. The number of likely N-dealkylation sites (tertiary alicyclic amines) is 1. The second-order valence-corrected chi connectivity index (χ2v) is 8.11. The molecule has 0 aromatic carbocycles. The summed E-state index contributed by atoms with van der Waals surface area (Å²) < 4.78 is 0.835. The van der Waals surface area contributed by atoms with Crippen LogP contribution in [-0.2, 0) is 14.4 Å². The van der Waals surface area contributed by atoms with Crippen LogP contribution in [0.4, 0.5) is 0 Å². The predicted octanol–water partition coefficient (Wildman–Crippen LogP) is 1.52. The Balaban J connectivity index is 1.50. The summed E-state index contributed by atoms with van der Waals surface area (Å²) in [4.78, 5) is 43.9. The summed E-state index contributed by atoms with van der Waals surface area (Å²) in [5.74, 6) is -0.944. The van der Waals surface area contributed by atoms with Crippen molar-refractivity contribution in [2.24, 2.45) is 22.6 Å². The molecule has 3 aliphatic rings. The van der Waals surface area contributed by atoms with Crippen LogP contribution in [0.5, 0.6) is 0 Å². The molecule has 9 heteroatoms. The maximum absolute atomic E-state index is 12.7. The minimum atomic E-state index is -0.431. The van der Waals surface area contributed by atoms with E-state index in [4.69, 9.17) is 18.0 Å². The van der Waals surface area contributed by atoms with Gasteiger partial charge in [-0.1, -0.05) is 22.0 Å². The van der Waals surface area contributed by atoms with Gasteiger partial charge in [-0.05, 0) is 43.6 Å². The van der Waals surface area contributed by atoms with Crippen molar-refractivity contribution in [2.45, 2.75) is 25.7 Å². The maximum atomic E-state index is 12.7. The number of thiocarbonyl (C=S) groups is 1. The van der Waals surface area contributed by atoms with Gasteiger partial charge in [0.05, 0.1) is 5.71 Å². The van der Waals surface area contributed by atoms with Crippen LogP contribution in [-0.4, -0.2) is 58.0 Å². The molecule has 144 valence electrons. The number of hydrogen-bond acceptors (Lipinski definition) is 4. The van der Waals surface area contributed by atoms with Crippen LogP contribution < -0.4 is 5.73 Å². The lowest BCUT2D eigenvalue weighted by Gasteiger charge is -2.32. The number of hydrogen-bond donors (Lipinski definition) is 1. The van der Waals surface area contributed by atoms with Crippen LogP contribution >= 0.6 is 28.1 Å². The Kier molecular flexibility index (Phi) is 6.21. The van der Waals surface area contributed by atoms with Gasteiger partial charge < -0.3 is 10.6 Å². The van der Waals surface area contributed by atoms with Gasteiger partial charge in [0.2, 0.25) is 22.8 Å². The number of carbonyl (C=O) groups excluding carboxylic acids is 3. The highest BCUT2D eigenvalue weighted by Gasteiger charge is 2.34. The third kappa shape index (κ3) is 4.52. The second-order valence-electron chi connectivity index (χ2n) is 6.83. The number of primary amides is 1. The molecule has 2 aliphatic heterocycles. The zero-order valence-corrected chi connectivity index (χ0v) is 17.2. The second kappa shape index (κ2) is 8.43. The van der Waals surface area contributed by atoms with Gasteiger partial charge in [-0.3, -0.25) is 19.3 Å². The first-order valence-corrected chi connectivity index (χ1v) is 10.1. The molecule has 3 amide bonds. The van der Waals surface area contributed by atoms with Gasteiger partial charge in [0.15, 0.2) is 0 Å². The number of halogens is 1. The summed E-state index contributed by atoms with van der Waals surface area (Å²) in [6.07, 6.45) is 7.50. The number of amides is 3. The lowest BCUT2D eigenvalue weighted by molar-refractivity contribution is -0.135. The average molecular weight is 453 g/mol. The highest BCUT2D eigenvalue weighted by molar-refractivity contribution is 9.11. The lowest BCUT2D eigenvalue weighted by atomic mass is 9.95. The van der Waals surface area contributed by atoms with Crippen molar-refractivity contribution in [3.05, 3.63) is 22.7 Å². The summed E-state index contributed by atoms with van der Waals surface area (Å²) in [7, 11) is 0. The molecule has 0 spiro atoms. The number of allylic oxidation sites excluding steroid dienone is 3. The van der Waals surface area contributed by atoms with Crippen LogP contribution in [0, 0.1) is 11.8 Å². The van der Waals surface area contributed by atoms with E-state index in [1.807, 2.05) is 12.2 Å². The van der Waals surface area contributed by atoms with Gasteiger partial charge in [-0.25, -0.2) is 4.99 Å². The van der Waals surface area contributed by atoms with Crippen molar-refractivity contribution < 1.29 is 14.4 Å². The Hall–Kier alpha value is -1.87. The Labute approximate surface area is 171 Å². The average Bonchev–Trinajstić information content (AvgIpc) is 2.65. The van der Waals surface area contributed by atoms with E-state index < -0.39 is 5.92 Å². The molecule has 2 N–H and O–H groups in total. The molecule has 0 saturated carbocycles. The molecule has 1 unspecified atom stereocenters. The largest absolute Gasteiger partial charge is 0.369 e. The molecule has 1 saturated heterocycles. The first-order valence-electron chi connectivity index (χ1n) is 8.93. The van der Waals surface area contributed by atoms with Crippen molar-refractivity contribution in [1.82, 2.24) is 9.80 Å². The van der Waals surface area contributed by atoms with Crippen LogP contribution in [0.2, 0.25) is 0 Å². The highest BCUT2D eigenvalue weighted by atomic mass is 79.9. The van der Waals surface area contributed by atoms with E-state index in [0.717, 1.165) is 4.48 Å². The molecule has 2 heterocycles. The molecule has 0 aromatic heterocycles. The number of aliphatic imine (C=N–C) groups is 1. The van der Waals surface area contributed by atoms with Crippen molar-refractivity contribution in [2.75, 3.05) is 19.6 Å². The number of piperidine rings is 1. The molecule has 0 aromatic rings. The van der Waals surface area contributed by atoms with E-state index in [2.05, 4.69) is 20.9 Å². The SMILES string of the molecule is NC(=O)C1CCN(C(=O)CCCN2C(=O)C3C=C(Br)C=CC3=NC2=S)CC1. The van der Waals surface area contributed by atoms with Crippen molar-refractivity contribution in [1.29, 1.82) is 0 Å². The third-order valence-corrected chi connectivity index (χ3v) is 5.91. The molecule has 3 rings (SSSR count). The molecule has 1 atom stereocenters. The normalized spacial score (nSPS) is 23.1. The minimum absolute atomic E-state index is 0.0285. The smallest absolute Gasteiger partial charge is 0.241 e. The molecular formula is C18H21BrN4O3S. The molecule has 1 aliphatic carbocycles. The Morgan fingerprint density at radius 3 is 2.67 bits per heavy atom. The summed E-state index contributed by atoms with van der Waals surface area (Å²) in [6, 6.07) is 0. The Morgan fingerprint density at radius 1 is 1.30 bits per heavy atom. The van der Waals surface area contributed by atoms with E-state index in [-0.39, 0.29) is 28.8 Å². The standard InChI is InChI=1S/C18H21BrN4O3S/c19-12-3-4-14-13(10-12)17(26)23(18(27)21-14)7-1-2-15(24)22-8-5-11(6-9-22)16(20)25/h3-4,10-11,13H,1-2,5-9H2,(H2,20,25).